The molecule has 1 aliphatic heterocycles. The molecule has 0 bridgehead atoms. The van der Waals surface area contributed by atoms with Crippen molar-refractivity contribution in [3.8, 4) is 0 Å². The quantitative estimate of drug-likeness (QED) is 0.509. The van der Waals surface area contributed by atoms with Gasteiger partial charge in [-0.15, -0.1) is 0 Å². The highest BCUT2D eigenvalue weighted by Crippen LogP contribution is 2.30. The van der Waals surface area contributed by atoms with E-state index in [4.69, 9.17) is 9.47 Å². The molecule has 8 nitrogen and oxygen atoms in total. The maximum absolute atomic E-state index is 13.6. The van der Waals surface area contributed by atoms with Gasteiger partial charge in [0.15, 0.2) is 4.80 Å². The summed E-state index contributed by atoms with van der Waals surface area (Å²) in [6.07, 6.45) is 1.82. The first-order chi connectivity index (χ1) is 16.7. The smallest absolute Gasteiger partial charge is 0.338 e. The van der Waals surface area contributed by atoms with Gasteiger partial charge in [-0.2, -0.15) is 0 Å². The SMILES string of the molecule is COC(=O)C1=C(C)N=c2s/c(=C\c3ccc(N(C)C)cc3)c(=O)n2[C@@H]1c1ccc(C(=O)OC)cc1. The van der Waals surface area contributed by atoms with E-state index >= 15 is 0 Å². The van der Waals surface area contributed by atoms with Crippen LogP contribution < -0.4 is 19.8 Å². The monoisotopic (exact) mass is 491 g/mol. The Labute approximate surface area is 206 Å². The predicted octanol–water partition coefficient (Wildman–Crippen LogP) is 2.26. The second-order valence-corrected chi connectivity index (χ2v) is 9.18. The Balaban J connectivity index is 1.88. The number of hydrogen-bond acceptors (Lipinski definition) is 8. The number of thiazole rings is 1. The molecule has 1 aromatic heterocycles. The van der Waals surface area contributed by atoms with Crippen LogP contribution in [0.1, 0.15) is 34.5 Å². The van der Waals surface area contributed by atoms with Gasteiger partial charge in [0.1, 0.15) is 0 Å². The lowest BCUT2D eigenvalue weighted by atomic mass is 9.95. The summed E-state index contributed by atoms with van der Waals surface area (Å²) in [7, 11) is 6.53. The topological polar surface area (TPSA) is 90.2 Å². The first-order valence-electron chi connectivity index (χ1n) is 10.8. The average molecular weight is 492 g/mol. The lowest BCUT2D eigenvalue weighted by Gasteiger charge is -2.24. The molecule has 1 atom stereocenters. The van der Waals surface area contributed by atoms with E-state index in [-0.39, 0.29) is 11.1 Å². The second kappa shape index (κ2) is 9.71. The number of aromatic nitrogens is 1. The van der Waals surface area contributed by atoms with Gasteiger partial charge in [0.2, 0.25) is 0 Å². The molecule has 0 saturated heterocycles. The Morgan fingerprint density at radius 2 is 1.63 bits per heavy atom. The Morgan fingerprint density at radius 1 is 1.00 bits per heavy atom. The Hall–Kier alpha value is -3.98. The van der Waals surface area contributed by atoms with Gasteiger partial charge in [0, 0.05) is 19.8 Å². The molecule has 2 aromatic carbocycles. The fourth-order valence-electron chi connectivity index (χ4n) is 3.95. The van der Waals surface area contributed by atoms with Crippen LogP contribution in [-0.4, -0.2) is 44.8 Å². The first-order valence-corrected chi connectivity index (χ1v) is 11.6. The molecule has 9 heteroatoms. The number of rotatable bonds is 5. The van der Waals surface area contributed by atoms with Gasteiger partial charge in [-0.3, -0.25) is 9.36 Å². The van der Waals surface area contributed by atoms with Crippen LogP contribution in [0.5, 0.6) is 0 Å². The molecule has 0 spiro atoms. The number of fused-ring (bicyclic) bond motifs is 1. The summed E-state index contributed by atoms with van der Waals surface area (Å²) in [6.45, 7) is 1.72. The third-order valence-electron chi connectivity index (χ3n) is 5.78. The van der Waals surface area contributed by atoms with E-state index in [0.29, 0.717) is 26.2 Å². The maximum Gasteiger partial charge on any atom is 0.338 e. The number of carbonyl (C=O) groups excluding carboxylic acids is 2. The van der Waals surface area contributed by atoms with Crippen molar-refractivity contribution in [3.05, 3.63) is 96.2 Å². The van der Waals surface area contributed by atoms with E-state index in [0.717, 1.165) is 11.3 Å². The number of hydrogen-bond donors (Lipinski definition) is 0. The number of esters is 2. The molecule has 0 unspecified atom stereocenters. The van der Waals surface area contributed by atoms with Crippen LogP contribution in [0, 0.1) is 0 Å². The summed E-state index contributed by atoms with van der Waals surface area (Å²) >= 11 is 1.26. The van der Waals surface area contributed by atoms with E-state index in [2.05, 4.69) is 4.99 Å². The van der Waals surface area contributed by atoms with Crippen molar-refractivity contribution in [1.29, 1.82) is 0 Å². The molecule has 0 amide bonds. The van der Waals surface area contributed by atoms with E-state index in [9.17, 15) is 14.4 Å². The highest BCUT2D eigenvalue weighted by atomic mass is 32.1. The molecule has 35 heavy (non-hydrogen) atoms. The fourth-order valence-corrected chi connectivity index (χ4v) is 4.99. The number of anilines is 1. The zero-order valence-corrected chi connectivity index (χ0v) is 20.9. The molecule has 180 valence electrons. The number of allylic oxidation sites excluding steroid dienone is 1. The van der Waals surface area contributed by atoms with E-state index in [1.165, 1.54) is 30.1 Å². The zero-order valence-electron chi connectivity index (χ0n) is 20.1. The van der Waals surface area contributed by atoms with Crippen LogP contribution in [0.15, 0.2) is 69.6 Å². The largest absolute Gasteiger partial charge is 0.466 e. The van der Waals surface area contributed by atoms with Crippen molar-refractivity contribution in [2.45, 2.75) is 13.0 Å². The summed E-state index contributed by atoms with van der Waals surface area (Å²) in [5, 5.41) is 0. The Bertz CT molecular complexity index is 1500. The summed E-state index contributed by atoms with van der Waals surface area (Å²) < 4.78 is 11.8. The normalized spacial score (nSPS) is 15.3. The van der Waals surface area contributed by atoms with E-state index in [1.54, 1.807) is 31.2 Å². The van der Waals surface area contributed by atoms with Crippen LogP contribution in [0.25, 0.3) is 6.08 Å². The minimum Gasteiger partial charge on any atom is -0.466 e. The molecular formula is C26H25N3O5S. The van der Waals surface area contributed by atoms with Gasteiger partial charge in [-0.25, -0.2) is 14.6 Å². The third kappa shape index (κ3) is 4.54. The molecule has 0 aliphatic carbocycles. The fraction of sp³-hybridized carbons (Fsp3) is 0.231. The molecule has 0 saturated carbocycles. The van der Waals surface area contributed by atoms with Gasteiger partial charge < -0.3 is 14.4 Å². The number of ether oxygens (including phenoxy) is 2. The summed E-state index contributed by atoms with van der Waals surface area (Å²) in [5.74, 6) is -1.04. The lowest BCUT2D eigenvalue weighted by molar-refractivity contribution is -0.136. The van der Waals surface area contributed by atoms with Crippen molar-refractivity contribution in [1.82, 2.24) is 4.57 Å². The van der Waals surface area contributed by atoms with Gasteiger partial charge in [-0.05, 0) is 48.4 Å². The van der Waals surface area contributed by atoms with Crippen LogP contribution in [-0.2, 0) is 14.3 Å². The minimum atomic E-state index is -0.747. The van der Waals surface area contributed by atoms with Crippen LogP contribution in [0.4, 0.5) is 5.69 Å². The Kier molecular flexibility index (Phi) is 6.70. The number of nitrogens with zero attached hydrogens (tertiary/aromatic N) is 3. The molecular weight excluding hydrogens is 466 g/mol. The number of methoxy groups -OCH3 is 2. The lowest BCUT2D eigenvalue weighted by Crippen LogP contribution is -2.39. The molecule has 0 N–H and O–H groups in total. The van der Waals surface area contributed by atoms with Crippen LogP contribution in [0.3, 0.4) is 0 Å². The van der Waals surface area contributed by atoms with Crippen LogP contribution >= 0.6 is 11.3 Å². The maximum atomic E-state index is 13.6. The average Bonchev–Trinajstić information content (AvgIpc) is 3.16. The molecule has 0 fully saturated rings. The predicted molar refractivity (Wildman–Crippen MR) is 134 cm³/mol. The number of benzene rings is 2. The Morgan fingerprint density at radius 3 is 2.20 bits per heavy atom. The van der Waals surface area contributed by atoms with Gasteiger partial charge >= 0.3 is 11.9 Å². The molecule has 2 heterocycles. The molecule has 4 rings (SSSR count). The highest BCUT2D eigenvalue weighted by molar-refractivity contribution is 7.07. The van der Waals surface area contributed by atoms with Crippen molar-refractivity contribution in [3.63, 3.8) is 0 Å². The van der Waals surface area contributed by atoms with Gasteiger partial charge in [-0.1, -0.05) is 35.6 Å². The summed E-state index contributed by atoms with van der Waals surface area (Å²) in [4.78, 5) is 45.3. The summed E-state index contributed by atoms with van der Waals surface area (Å²) in [5.41, 5.74) is 3.43. The number of carbonyl (C=O) groups is 2. The van der Waals surface area contributed by atoms with Crippen molar-refractivity contribution in [2.75, 3.05) is 33.2 Å². The molecule has 0 radical (unpaired) electrons. The van der Waals surface area contributed by atoms with Gasteiger partial charge in [0.25, 0.3) is 5.56 Å². The van der Waals surface area contributed by atoms with Crippen LogP contribution in [0.2, 0.25) is 0 Å². The van der Waals surface area contributed by atoms with E-state index in [1.807, 2.05) is 49.3 Å². The van der Waals surface area contributed by atoms with Gasteiger partial charge in [0.05, 0.1) is 41.6 Å². The second-order valence-electron chi connectivity index (χ2n) is 8.17. The van der Waals surface area contributed by atoms with Crippen molar-refractivity contribution < 1.29 is 19.1 Å². The molecule has 1 aliphatic rings. The summed E-state index contributed by atoms with van der Waals surface area (Å²) in [6, 6.07) is 13.7. The van der Waals surface area contributed by atoms with Crippen molar-refractivity contribution in [2.24, 2.45) is 4.99 Å². The third-order valence-corrected chi connectivity index (χ3v) is 6.76. The van der Waals surface area contributed by atoms with Crippen molar-refractivity contribution >= 4 is 35.0 Å². The standard InChI is InChI=1S/C26H25N3O5S/c1-15-21(25(32)34-5)22(17-8-10-18(11-9-17)24(31)33-4)29-23(30)20(35-26(29)27-15)14-16-6-12-19(13-7-16)28(2)3/h6-14,22H,1-5H3/b20-14-/t22-/m1/s1. The first kappa shape index (κ1) is 24.2. The molecule has 3 aromatic rings. The van der Waals surface area contributed by atoms with E-state index < -0.39 is 18.0 Å². The highest BCUT2D eigenvalue weighted by Gasteiger charge is 2.33. The zero-order chi connectivity index (χ0) is 25.3. The minimum absolute atomic E-state index is 0.263.